The highest BCUT2D eigenvalue weighted by molar-refractivity contribution is 7.99. The third-order valence-electron chi connectivity index (χ3n) is 2.43. The van der Waals surface area contributed by atoms with Crippen molar-refractivity contribution in [2.24, 2.45) is 7.05 Å². The molecule has 0 saturated heterocycles. The van der Waals surface area contributed by atoms with Crippen LogP contribution < -0.4 is 4.74 Å². The fraction of sp³-hybridized carbons (Fsp3) is 0.364. The van der Waals surface area contributed by atoms with Crippen molar-refractivity contribution in [3.8, 4) is 5.75 Å². The zero-order valence-corrected chi connectivity index (χ0v) is 10.8. The maximum Gasteiger partial charge on any atom is 0.209 e. The Morgan fingerprint density at radius 2 is 2.24 bits per heavy atom. The summed E-state index contributed by atoms with van der Waals surface area (Å²) in [5, 5.41) is 12.5. The molecule has 0 amide bonds. The predicted molar refractivity (Wildman–Crippen MR) is 66.1 cm³/mol. The second-order valence-electron chi connectivity index (χ2n) is 3.62. The van der Waals surface area contributed by atoms with E-state index in [0.717, 1.165) is 10.9 Å². The van der Waals surface area contributed by atoms with Gasteiger partial charge in [-0.25, -0.2) is 4.68 Å². The van der Waals surface area contributed by atoms with Crippen molar-refractivity contribution in [3.05, 3.63) is 29.8 Å². The lowest BCUT2D eigenvalue weighted by Gasteiger charge is -2.11. The largest absolute Gasteiger partial charge is 0.497 e. The van der Waals surface area contributed by atoms with E-state index >= 15 is 0 Å². The van der Waals surface area contributed by atoms with Crippen molar-refractivity contribution >= 4 is 11.8 Å². The number of hydrogen-bond acceptors (Lipinski definition) is 5. The van der Waals surface area contributed by atoms with E-state index in [1.807, 2.05) is 25.2 Å². The van der Waals surface area contributed by atoms with Crippen molar-refractivity contribution in [3.63, 3.8) is 0 Å². The molecule has 5 nitrogen and oxygen atoms in total. The number of hydrogen-bond donors (Lipinski definition) is 0. The lowest BCUT2D eigenvalue weighted by Crippen LogP contribution is -1.96. The molecule has 0 bridgehead atoms. The van der Waals surface area contributed by atoms with E-state index in [4.69, 9.17) is 4.74 Å². The zero-order chi connectivity index (χ0) is 12.3. The van der Waals surface area contributed by atoms with E-state index in [2.05, 4.69) is 28.5 Å². The Balaban J connectivity index is 2.14. The molecular weight excluding hydrogens is 236 g/mol. The maximum absolute atomic E-state index is 5.21. The van der Waals surface area contributed by atoms with Gasteiger partial charge in [0, 0.05) is 12.3 Å². The van der Waals surface area contributed by atoms with Crippen molar-refractivity contribution in [2.75, 3.05) is 7.11 Å². The lowest BCUT2D eigenvalue weighted by molar-refractivity contribution is 0.414. The van der Waals surface area contributed by atoms with Crippen LogP contribution in [0.25, 0.3) is 0 Å². The van der Waals surface area contributed by atoms with Crippen LogP contribution in [0, 0.1) is 0 Å². The molecule has 1 aromatic carbocycles. The quantitative estimate of drug-likeness (QED) is 0.777. The molecule has 2 rings (SSSR count). The molecule has 0 aliphatic rings. The van der Waals surface area contributed by atoms with Crippen LogP contribution in [0.2, 0.25) is 0 Å². The van der Waals surface area contributed by atoms with Gasteiger partial charge in [-0.15, -0.1) is 5.10 Å². The van der Waals surface area contributed by atoms with Crippen molar-refractivity contribution in [1.82, 2.24) is 20.2 Å². The molecule has 0 aliphatic heterocycles. The SMILES string of the molecule is COc1cccc([C@H](C)Sc2nnnn2C)c1. The molecule has 0 radical (unpaired) electrons. The van der Waals surface area contributed by atoms with E-state index in [1.165, 1.54) is 5.56 Å². The second kappa shape index (κ2) is 5.18. The Morgan fingerprint density at radius 1 is 1.41 bits per heavy atom. The number of methoxy groups -OCH3 is 1. The van der Waals surface area contributed by atoms with Gasteiger partial charge in [-0.2, -0.15) is 0 Å². The van der Waals surface area contributed by atoms with Crippen LogP contribution in [-0.4, -0.2) is 27.3 Å². The molecule has 90 valence electrons. The third kappa shape index (κ3) is 2.76. The highest BCUT2D eigenvalue weighted by atomic mass is 32.2. The predicted octanol–water partition coefficient (Wildman–Crippen LogP) is 2.07. The Morgan fingerprint density at radius 3 is 2.88 bits per heavy atom. The number of benzene rings is 1. The van der Waals surface area contributed by atoms with Gasteiger partial charge in [0.05, 0.1) is 7.11 Å². The molecule has 6 heteroatoms. The van der Waals surface area contributed by atoms with E-state index in [-0.39, 0.29) is 5.25 Å². The van der Waals surface area contributed by atoms with Gasteiger partial charge in [0.2, 0.25) is 5.16 Å². The van der Waals surface area contributed by atoms with Gasteiger partial charge >= 0.3 is 0 Å². The molecule has 1 aromatic heterocycles. The van der Waals surface area contributed by atoms with Gasteiger partial charge in [0.25, 0.3) is 0 Å². The molecule has 0 spiro atoms. The third-order valence-corrected chi connectivity index (χ3v) is 3.61. The highest BCUT2D eigenvalue weighted by Crippen LogP contribution is 2.34. The monoisotopic (exact) mass is 250 g/mol. The smallest absolute Gasteiger partial charge is 0.209 e. The minimum atomic E-state index is 0.273. The zero-order valence-electron chi connectivity index (χ0n) is 9.99. The summed E-state index contributed by atoms with van der Waals surface area (Å²) in [5.41, 5.74) is 1.19. The van der Waals surface area contributed by atoms with Gasteiger partial charge in [-0.05, 0) is 35.0 Å². The Kier molecular flexibility index (Phi) is 3.63. The van der Waals surface area contributed by atoms with E-state index in [0.29, 0.717) is 0 Å². The van der Waals surface area contributed by atoms with Gasteiger partial charge in [0.1, 0.15) is 5.75 Å². The second-order valence-corrected chi connectivity index (χ2v) is 4.93. The Hall–Kier alpha value is -1.56. The fourth-order valence-corrected chi connectivity index (χ4v) is 2.31. The number of aryl methyl sites for hydroxylation is 1. The maximum atomic E-state index is 5.21. The Bertz CT molecular complexity index is 500. The van der Waals surface area contributed by atoms with Crippen LogP contribution in [0.15, 0.2) is 29.4 Å². The summed E-state index contributed by atoms with van der Waals surface area (Å²) in [7, 11) is 3.50. The van der Waals surface area contributed by atoms with Crippen LogP contribution in [0.5, 0.6) is 5.75 Å². The summed E-state index contributed by atoms with van der Waals surface area (Å²) in [6.45, 7) is 2.12. The van der Waals surface area contributed by atoms with Crippen LogP contribution in [-0.2, 0) is 7.05 Å². The van der Waals surface area contributed by atoms with E-state index < -0.39 is 0 Å². The summed E-state index contributed by atoms with van der Waals surface area (Å²) in [4.78, 5) is 0. The summed E-state index contributed by atoms with van der Waals surface area (Å²) in [6.07, 6.45) is 0. The van der Waals surface area contributed by atoms with Gasteiger partial charge in [-0.1, -0.05) is 23.9 Å². The van der Waals surface area contributed by atoms with Crippen LogP contribution >= 0.6 is 11.8 Å². The first-order valence-electron chi connectivity index (χ1n) is 5.23. The fourth-order valence-electron chi connectivity index (χ4n) is 1.44. The normalized spacial score (nSPS) is 12.4. The molecule has 0 aliphatic carbocycles. The molecule has 1 heterocycles. The highest BCUT2D eigenvalue weighted by Gasteiger charge is 2.12. The summed E-state index contributed by atoms with van der Waals surface area (Å²) in [6, 6.07) is 8.02. The number of rotatable bonds is 4. The Labute approximate surface area is 104 Å². The number of nitrogens with zero attached hydrogens (tertiary/aromatic N) is 4. The molecular formula is C11H14N4OS. The molecule has 2 aromatic rings. The first-order valence-corrected chi connectivity index (χ1v) is 6.11. The van der Waals surface area contributed by atoms with Crippen LogP contribution in [0.4, 0.5) is 0 Å². The topological polar surface area (TPSA) is 52.8 Å². The van der Waals surface area contributed by atoms with Gasteiger partial charge in [-0.3, -0.25) is 0 Å². The van der Waals surface area contributed by atoms with E-state index in [9.17, 15) is 0 Å². The lowest BCUT2D eigenvalue weighted by atomic mass is 10.1. The summed E-state index contributed by atoms with van der Waals surface area (Å²) < 4.78 is 6.88. The molecule has 0 fully saturated rings. The average Bonchev–Trinajstić information content (AvgIpc) is 2.75. The average molecular weight is 250 g/mol. The minimum Gasteiger partial charge on any atom is -0.497 e. The number of ether oxygens (including phenoxy) is 1. The van der Waals surface area contributed by atoms with Gasteiger partial charge < -0.3 is 4.74 Å². The van der Waals surface area contributed by atoms with E-state index in [1.54, 1.807) is 23.6 Å². The summed E-state index contributed by atoms with van der Waals surface area (Å²) >= 11 is 1.62. The van der Waals surface area contributed by atoms with Crippen molar-refractivity contribution in [2.45, 2.75) is 17.3 Å². The number of aromatic nitrogens is 4. The standard InChI is InChI=1S/C11H14N4OS/c1-8(17-11-12-13-14-15(11)2)9-5-4-6-10(7-9)16-3/h4-8H,1-3H3/t8-/m0/s1. The van der Waals surface area contributed by atoms with Crippen LogP contribution in [0.3, 0.4) is 0 Å². The summed E-state index contributed by atoms with van der Waals surface area (Å²) in [5.74, 6) is 0.867. The van der Waals surface area contributed by atoms with Gasteiger partial charge in [0.15, 0.2) is 0 Å². The van der Waals surface area contributed by atoms with Crippen molar-refractivity contribution in [1.29, 1.82) is 0 Å². The molecule has 0 N–H and O–H groups in total. The minimum absolute atomic E-state index is 0.273. The molecule has 17 heavy (non-hydrogen) atoms. The molecule has 0 unspecified atom stereocenters. The number of tetrazole rings is 1. The molecule has 0 saturated carbocycles. The van der Waals surface area contributed by atoms with Crippen molar-refractivity contribution < 1.29 is 4.74 Å². The first-order chi connectivity index (χ1) is 8.20. The first kappa shape index (κ1) is 11.9. The number of thioether (sulfide) groups is 1. The van der Waals surface area contributed by atoms with Crippen LogP contribution in [0.1, 0.15) is 17.7 Å². The molecule has 1 atom stereocenters.